The lowest BCUT2D eigenvalue weighted by atomic mass is 10.1. The number of aliphatic carboxylic acids is 1. The number of carbonyl (C=O) groups is 2. The van der Waals surface area contributed by atoms with Crippen molar-refractivity contribution in [3.05, 3.63) is 0 Å². The highest BCUT2D eigenvalue weighted by Crippen LogP contribution is 2.44. The summed E-state index contributed by atoms with van der Waals surface area (Å²) in [4.78, 5) is 22.0. The van der Waals surface area contributed by atoms with Crippen LogP contribution in [0.2, 0.25) is 0 Å². The first-order valence-corrected chi connectivity index (χ1v) is 6.10. The second kappa shape index (κ2) is 5.38. The number of carboxylic acids is 1. The Morgan fingerprint density at radius 2 is 2.06 bits per heavy atom. The Morgan fingerprint density at radius 3 is 2.53 bits per heavy atom. The topological polar surface area (TPSA) is 78.4 Å². The summed E-state index contributed by atoms with van der Waals surface area (Å²) in [5.41, 5.74) is 0.231. The van der Waals surface area contributed by atoms with Gasteiger partial charge in [0.15, 0.2) is 0 Å². The van der Waals surface area contributed by atoms with Crippen LogP contribution in [-0.2, 0) is 4.79 Å². The average Bonchev–Trinajstić information content (AvgIpc) is 2.80. The lowest BCUT2D eigenvalue weighted by Gasteiger charge is -2.09. The van der Waals surface area contributed by atoms with Gasteiger partial charge in [-0.3, -0.25) is 4.79 Å². The van der Waals surface area contributed by atoms with Crippen molar-refractivity contribution in [3.8, 4) is 0 Å². The summed E-state index contributed by atoms with van der Waals surface area (Å²) in [6, 6.07) is 0.129. The fourth-order valence-electron chi connectivity index (χ4n) is 1.66. The van der Waals surface area contributed by atoms with Gasteiger partial charge in [0.1, 0.15) is 0 Å². The standard InChI is InChI=1S/C12H22N2O3/c1-8(10(15)16)5-4-6-13-11(17)14-9-7-12(9,2)3/h8-9H,4-7H2,1-3H3,(H,15,16)(H2,13,14,17). The van der Waals surface area contributed by atoms with Crippen molar-refractivity contribution >= 4 is 12.0 Å². The van der Waals surface area contributed by atoms with E-state index in [9.17, 15) is 9.59 Å². The molecule has 0 aliphatic heterocycles. The Balaban J connectivity index is 2.03. The van der Waals surface area contributed by atoms with E-state index >= 15 is 0 Å². The zero-order valence-electron chi connectivity index (χ0n) is 10.7. The molecule has 2 unspecified atom stereocenters. The molecule has 2 atom stereocenters. The summed E-state index contributed by atoms with van der Waals surface area (Å²) < 4.78 is 0. The highest BCUT2D eigenvalue weighted by Gasteiger charge is 2.46. The molecule has 1 aliphatic rings. The van der Waals surface area contributed by atoms with Gasteiger partial charge in [0.05, 0.1) is 5.92 Å². The van der Waals surface area contributed by atoms with E-state index in [1.165, 1.54) is 0 Å². The molecular formula is C12H22N2O3. The van der Waals surface area contributed by atoms with Crippen molar-refractivity contribution in [2.75, 3.05) is 6.54 Å². The van der Waals surface area contributed by atoms with Crippen molar-refractivity contribution in [1.82, 2.24) is 10.6 Å². The van der Waals surface area contributed by atoms with E-state index in [1.807, 2.05) is 0 Å². The van der Waals surface area contributed by atoms with E-state index in [-0.39, 0.29) is 23.4 Å². The summed E-state index contributed by atoms with van der Waals surface area (Å²) >= 11 is 0. The van der Waals surface area contributed by atoms with Crippen LogP contribution in [-0.4, -0.2) is 29.7 Å². The van der Waals surface area contributed by atoms with Gasteiger partial charge in [-0.2, -0.15) is 0 Å². The van der Waals surface area contributed by atoms with Crippen LogP contribution in [0.15, 0.2) is 0 Å². The molecule has 0 aromatic carbocycles. The second-order valence-electron chi connectivity index (χ2n) is 5.53. The minimum atomic E-state index is -0.783. The van der Waals surface area contributed by atoms with Crippen LogP contribution < -0.4 is 10.6 Å². The molecular weight excluding hydrogens is 220 g/mol. The van der Waals surface area contributed by atoms with E-state index in [0.29, 0.717) is 19.4 Å². The first kappa shape index (κ1) is 13.8. The molecule has 0 bridgehead atoms. The van der Waals surface area contributed by atoms with Crippen LogP contribution in [0.1, 0.15) is 40.0 Å². The van der Waals surface area contributed by atoms with Crippen LogP contribution in [0.25, 0.3) is 0 Å². The molecule has 1 saturated carbocycles. The molecule has 0 aromatic heterocycles. The molecule has 5 heteroatoms. The molecule has 0 aromatic rings. The molecule has 5 nitrogen and oxygen atoms in total. The third-order valence-corrected chi connectivity index (χ3v) is 3.34. The Hall–Kier alpha value is -1.26. The molecule has 0 saturated heterocycles. The van der Waals surface area contributed by atoms with Gasteiger partial charge in [-0.1, -0.05) is 20.8 Å². The van der Waals surface area contributed by atoms with Crippen molar-refractivity contribution in [1.29, 1.82) is 0 Å². The smallest absolute Gasteiger partial charge is 0.315 e. The Morgan fingerprint density at radius 1 is 1.47 bits per heavy atom. The molecule has 1 rings (SSSR count). The summed E-state index contributed by atoms with van der Waals surface area (Å²) in [7, 11) is 0. The number of urea groups is 1. The van der Waals surface area contributed by atoms with E-state index in [1.54, 1.807) is 6.92 Å². The highest BCUT2D eigenvalue weighted by atomic mass is 16.4. The van der Waals surface area contributed by atoms with Crippen LogP contribution in [0.4, 0.5) is 4.79 Å². The second-order valence-corrected chi connectivity index (χ2v) is 5.53. The summed E-state index contributed by atoms with van der Waals surface area (Å²) in [6.07, 6.45) is 2.30. The Labute approximate surface area is 102 Å². The summed E-state index contributed by atoms with van der Waals surface area (Å²) in [5, 5.41) is 14.3. The quantitative estimate of drug-likeness (QED) is 0.619. The number of carbonyl (C=O) groups excluding carboxylic acids is 1. The van der Waals surface area contributed by atoms with Gasteiger partial charge in [0.2, 0.25) is 0 Å². The minimum Gasteiger partial charge on any atom is -0.481 e. The molecule has 0 spiro atoms. The van der Waals surface area contributed by atoms with Crippen LogP contribution >= 0.6 is 0 Å². The van der Waals surface area contributed by atoms with Gasteiger partial charge in [0.25, 0.3) is 0 Å². The summed E-state index contributed by atoms with van der Waals surface area (Å²) in [6.45, 7) is 6.44. The first-order chi connectivity index (χ1) is 7.83. The van der Waals surface area contributed by atoms with Gasteiger partial charge in [0, 0.05) is 12.6 Å². The maximum Gasteiger partial charge on any atom is 0.315 e. The van der Waals surface area contributed by atoms with E-state index in [4.69, 9.17) is 5.11 Å². The predicted octanol–water partition coefficient (Wildman–Crippen LogP) is 1.58. The monoisotopic (exact) mass is 242 g/mol. The number of hydrogen-bond donors (Lipinski definition) is 3. The van der Waals surface area contributed by atoms with E-state index in [0.717, 1.165) is 6.42 Å². The van der Waals surface area contributed by atoms with Gasteiger partial charge in [-0.25, -0.2) is 4.79 Å². The Kier molecular flexibility index (Phi) is 4.37. The average molecular weight is 242 g/mol. The zero-order valence-corrected chi connectivity index (χ0v) is 10.7. The first-order valence-electron chi connectivity index (χ1n) is 6.10. The molecule has 0 heterocycles. The number of carboxylic acid groups (broad SMARTS) is 1. The van der Waals surface area contributed by atoms with Crippen molar-refractivity contribution in [2.24, 2.45) is 11.3 Å². The van der Waals surface area contributed by atoms with Gasteiger partial charge >= 0.3 is 12.0 Å². The normalized spacial score (nSPS) is 22.6. The predicted molar refractivity (Wildman–Crippen MR) is 64.8 cm³/mol. The van der Waals surface area contributed by atoms with Gasteiger partial charge in [-0.15, -0.1) is 0 Å². The minimum absolute atomic E-state index is 0.149. The molecule has 3 N–H and O–H groups in total. The third kappa shape index (κ3) is 4.63. The largest absolute Gasteiger partial charge is 0.481 e. The van der Waals surface area contributed by atoms with Crippen LogP contribution in [0, 0.1) is 11.3 Å². The molecule has 2 amide bonds. The molecule has 1 fully saturated rings. The SMILES string of the molecule is CC(CCCNC(=O)NC1CC1(C)C)C(=O)O. The van der Waals surface area contributed by atoms with E-state index in [2.05, 4.69) is 24.5 Å². The fraction of sp³-hybridized carbons (Fsp3) is 0.833. The van der Waals surface area contributed by atoms with Crippen molar-refractivity contribution in [3.63, 3.8) is 0 Å². The van der Waals surface area contributed by atoms with E-state index < -0.39 is 5.97 Å². The highest BCUT2D eigenvalue weighted by molar-refractivity contribution is 5.74. The molecule has 17 heavy (non-hydrogen) atoms. The molecule has 98 valence electrons. The van der Waals surface area contributed by atoms with Crippen LogP contribution in [0.3, 0.4) is 0 Å². The fourth-order valence-corrected chi connectivity index (χ4v) is 1.66. The van der Waals surface area contributed by atoms with Crippen molar-refractivity contribution < 1.29 is 14.7 Å². The van der Waals surface area contributed by atoms with Gasteiger partial charge < -0.3 is 15.7 Å². The van der Waals surface area contributed by atoms with Gasteiger partial charge in [-0.05, 0) is 24.7 Å². The number of nitrogens with one attached hydrogen (secondary N) is 2. The summed E-state index contributed by atoms with van der Waals surface area (Å²) in [5.74, 6) is -1.13. The lowest BCUT2D eigenvalue weighted by molar-refractivity contribution is -0.141. The lowest BCUT2D eigenvalue weighted by Crippen LogP contribution is -2.38. The molecule has 0 radical (unpaired) electrons. The number of amides is 2. The number of rotatable bonds is 6. The maximum atomic E-state index is 11.4. The third-order valence-electron chi connectivity index (χ3n) is 3.34. The number of hydrogen-bond acceptors (Lipinski definition) is 2. The zero-order chi connectivity index (χ0) is 13.1. The maximum absolute atomic E-state index is 11.4. The molecule has 1 aliphatic carbocycles. The Bertz CT molecular complexity index is 302. The van der Waals surface area contributed by atoms with Crippen molar-refractivity contribution in [2.45, 2.75) is 46.1 Å². The van der Waals surface area contributed by atoms with Crippen LogP contribution in [0.5, 0.6) is 0 Å².